The Bertz CT molecular complexity index is 904. The van der Waals surface area contributed by atoms with Crippen LogP contribution in [0.3, 0.4) is 0 Å². The fraction of sp³-hybridized carbons (Fsp3) is 0.500. The highest BCUT2D eigenvalue weighted by atomic mass is 16.2. The lowest BCUT2D eigenvalue weighted by molar-refractivity contribution is -0.135. The molecule has 0 N–H and O–H groups in total. The molecule has 0 spiro atoms. The number of aromatic nitrogens is 2. The number of rotatable bonds is 3. The number of imidazole rings is 1. The molecule has 3 rings (SSSR count). The van der Waals surface area contributed by atoms with Gasteiger partial charge in [-0.25, -0.2) is 4.79 Å². The zero-order valence-corrected chi connectivity index (χ0v) is 15.6. The molecule has 1 amide bonds. The minimum atomic E-state index is -0.189. The Balaban J connectivity index is 2.08. The molecule has 0 radical (unpaired) electrons. The van der Waals surface area contributed by atoms with Gasteiger partial charge in [-0.15, -0.1) is 0 Å². The second-order valence-corrected chi connectivity index (χ2v) is 7.30. The van der Waals surface area contributed by atoms with Crippen LogP contribution in [0, 0.1) is 13.8 Å². The number of likely N-dealkylation sites (tertiary alicyclic amines) is 1. The highest BCUT2D eigenvalue weighted by molar-refractivity contribution is 5.84. The Morgan fingerprint density at radius 2 is 1.84 bits per heavy atom. The van der Waals surface area contributed by atoms with E-state index in [9.17, 15) is 9.59 Å². The van der Waals surface area contributed by atoms with E-state index in [1.807, 2.05) is 37.8 Å². The molecule has 0 bridgehead atoms. The summed E-state index contributed by atoms with van der Waals surface area (Å²) in [7, 11) is 0. The predicted octanol–water partition coefficient (Wildman–Crippen LogP) is 3.31. The molecule has 1 unspecified atom stereocenters. The number of hydrogen-bond acceptors (Lipinski definition) is 2. The van der Waals surface area contributed by atoms with E-state index in [1.54, 1.807) is 9.13 Å². The summed E-state index contributed by atoms with van der Waals surface area (Å²) in [6.45, 7) is 12.8. The molecule has 2 heterocycles. The zero-order chi connectivity index (χ0) is 18.3. The lowest BCUT2D eigenvalue weighted by atomic mass is 10.0. The molecular weight excluding hydrogens is 314 g/mol. The van der Waals surface area contributed by atoms with Gasteiger partial charge in [0.1, 0.15) is 6.54 Å². The van der Waals surface area contributed by atoms with Crippen LogP contribution in [-0.4, -0.2) is 32.5 Å². The fourth-order valence-electron chi connectivity index (χ4n) is 3.72. The van der Waals surface area contributed by atoms with Crippen molar-refractivity contribution in [1.82, 2.24) is 14.0 Å². The van der Waals surface area contributed by atoms with E-state index in [0.717, 1.165) is 41.5 Å². The number of piperidine rings is 1. The van der Waals surface area contributed by atoms with Gasteiger partial charge < -0.3 is 4.90 Å². The Morgan fingerprint density at radius 1 is 1.20 bits per heavy atom. The highest BCUT2D eigenvalue weighted by Crippen LogP contribution is 2.22. The van der Waals surface area contributed by atoms with Gasteiger partial charge in [0.25, 0.3) is 0 Å². The number of amides is 1. The van der Waals surface area contributed by atoms with E-state index in [0.29, 0.717) is 5.70 Å². The summed E-state index contributed by atoms with van der Waals surface area (Å²) in [6.07, 6.45) is 3.24. The third-order valence-electron chi connectivity index (χ3n) is 5.34. The number of aryl methyl sites for hydroxylation is 2. The Hall–Kier alpha value is -2.30. The van der Waals surface area contributed by atoms with Gasteiger partial charge in [-0.05, 0) is 70.2 Å². The van der Waals surface area contributed by atoms with Crippen LogP contribution in [0.4, 0.5) is 0 Å². The van der Waals surface area contributed by atoms with Gasteiger partial charge in [-0.1, -0.05) is 6.58 Å². The number of carbonyl (C=O) groups is 1. The van der Waals surface area contributed by atoms with Gasteiger partial charge in [0, 0.05) is 18.3 Å². The molecular formula is C20H27N3O2. The number of carbonyl (C=O) groups excluding carboxylic acids is 1. The third kappa shape index (κ3) is 3.03. The molecule has 1 aliphatic rings. The first-order chi connectivity index (χ1) is 11.8. The summed E-state index contributed by atoms with van der Waals surface area (Å²) in [4.78, 5) is 27.7. The second kappa shape index (κ2) is 6.54. The summed E-state index contributed by atoms with van der Waals surface area (Å²) in [5, 5.41) is 0. The van der Waals surface area contributed by atoms with Crippen molar-refractivity contribution in [2.45, 2.75) is 59.5 Å². The Labute approximate surface area is 148 Å². The first-order valence-corrected chi connectivity index (χ1v) is 8.99. The van der Waals surface area contributed by atoms with Gasteiger partial charge >= 0.3 is 5.69 Å². The first-order valence-electron chi connectivity index (χ1n) is 8.99. The van der Waals surface area contributed by atoms with Crippen molar-refractivity contribution in [3.63, 3.8) is 0 Å². The van der Waals surface area contributed by atoms with Gasteiger partial charge in [-0.2, -0.15) is 0 Å². The van der Waals surface area contributed by atoms with Gasteiger partial charge in [0.15, 0.2) is 0 Å². The molecule has 5 heteroatoms. The lowest BCUT2D eigenvalue weighted by Crippen LogP contribution is -2.44. The van der Waals surface area contributed by atoms with Crippen molar-refractivity contribution in [3.8, 4) is 0 Å². The molecule has 0 aliphatic carbocycles. The number of benzene rings is 1. The molecule has 1 fully saturated rings. The average Bonchev–Trinajstić information content (AvgIpc) is 2.80. The van der Waals surface area contributed by atoms with Crippen molar-refractivity contribution >= 4 is 22.6 Å². The third-order valence-corrected chi connectivity index (χ3v) is 5.34. The topological polar surface area (TPSA) is 47.2 Å². The summed E-state index contributed by atoms with van der Waals surface area (Å²) in [5.41, 5.74) is 4.32. The van der Waals surface area contributed by atoms with Crippen molar-refractivity contribution in [1.29, 1.82) is 0 Å². The minimum Gasteiger partial charge on any atom is -0.338 e. The van der Waals surface area contributed by atoms with E-state index in [2.05, 4.69) is 13.5 Å². The SMILES string of the molecule is C=C(C)n1c(=O)n(CC(=O)N2CCCCC2C)c2cc(C)c(C)cc21. The maximum atomic E-state index is 12.9. The van der Waals surface area contributed by atoms with Crippen LogP contribution in [0.5, 0.6) is 0 Å². The maximum absolute atomic E-state index is 12.9. The summed E-state index contributed by atoms with van der Waals surface area (Å²) < 4.78 is 3.20. The van der Waals surface area contributed by atoms with E-state index in [1.165, 1.54) is 6.42 Å². The molecule has 1 atom stereocenters. The van der Waals surface area contributed by atoms with Crippen LogP contribution < -0.4 is 5.69 Å². The van der Waals surface area contributed by atoms with Crippen molar-refractivity contribution in [2.24, 2.45) is 0 Å². The van der Waals surface area contributed by atoms with Crippen LogP contribution in [0.25, 0.3) is 16.7 Å². The number of hydrogen-bond donors (Lipinski definition) is 0. The minimum absolute atomic E-state index is 0.0216. The highest BCUT2D eigenvalue weighted by Gasteiger charge is 2.25. The molecule has 5 nitrogen and oxygen atoms in total. The molecule has 134 valence electrons. The first kappa shape index (κ1) is 17.5. The van der Waals surface area contributed by atoms with Gasteiger partial charge in [-0.3, -0.25) is 13.9 Å². The van der Waals surface area contributed by atoms with E-state index in [-0.39, 0.29) is 24.2 Å². The maximum Gasteiger partial charge on any atom is 0.333 e. The quantitative estimate of drug-likeness (QED) is 0.860. The van der Waals surface area contributed by atoms with Crippen molar-refractivity contribution in [3.05, 3.63) is 40.3 Å². The van der Waals surface area contributed by atoms with E-state index in [4.69, 9.17) is 0 Å². The normalized spacial score (nSPS) is 17.9. The Morgan fingerprint density at radius 3 is 2.44 bits per heavy atom. The Kier molecular flexibility index (Phi) is 4.58. The molecule has 25 heavy (non-hydrogen) atoms. The van der Waals surface area contributed by atoms with E-state index >= 15 is 0 Å². The zero-order valence-electron chi connectivity index (χ0n) is 15.6. The molecule has 0 saturated carbocycles. The van der Waals surface area contributed by atoms with Crippen LogP contribution in [0.1, 0.15) is 44.2 Å². The smallest absolute Gasteiger partial charge is 0.333 e. The predicted molar refractivity (Wildman–Crippen MR) is 102 cm³/mol. The van der Waals surface area contributed by atoms with Crippen molar-refractivity contribution < 1.29 is 4.79 Å². The van der Waals surface area contributed by atoms with Crippen LogP contribution >= 0.6 is 0 Å². The fourth-order valence-corrected chi connectivity index (χ4v) is 3.72. The molecule has 1 aromatic heterocycles. The van der Waals surface area contributed by atoms with Crippen LogP contribution in [-0.2, 0) is 11.3 Å². The number of fused-ring (bicyclic) bond motifs is 1. The average molecular weight is 341 g/mol. The summed E-state index contributed by atoms with van der Waals surface area (Å²) >= 11 is 0. The summed E-state index contributed by atoms with van der Waals surface area (Å²) in [6, 6.07) is 4.25. The van der Waals surface area contributed by atoms with Crippen molar-refractivity contribution in [2.75, 3.05) is 6.54 Å². The standard InChI is InChI=1S/C20H27N3O2/c1-13(2)23-18-11-15(4)14(3)10-17(18)22(20(23)25)12-19(24)21-9-7-6-8-16(21)5/h10-11,16H,1,6-9,12H2,2-5H3. The summed E-state index contributed by atoms with van der Waals surface area (Å²) in [5.74, 6) is 0.0216. The largest absolute Gasteiger partial charge is 0.338 e. The van der Waals surface area contributed by atoms with Crippen LogP contribution in [0.15, 0.2) is 23.5 Å². The lowest BCUT2D eigenvalue weighted by Gasteiger charge is -2.33. The molecule has 1 saturated heterocycles. The molecule has 2 aromatic rings. The second-order valence-electron chi connectivity index (χ2n) is 7.30. The molecule has 1 aliphatic heterocycles. The number of allylic oxidation sites excluding steroid dienone is 1. The monoisotopic (exact) mass is 341 g/mol. The van der Waals surface area contributed by atoms with Gasteiger partial charge in [0.05, 0.1) is 11.0 Å². The molecule has 1 aromatic carbocycles. The van der Waals surface area contributed by atoms with E-state index < -0.39 is 0 Å². The van der Waals surface area contributed by atoms with Gasteiger partial charge in [0.2, 0.25) is 5.91 Å². The van der Waals surface area contributed by atoms with Crippen LogP contribution in [0.2, 0.25) is 0 Å². The number of nitrogens with zero attached hydrogens (tertiary/aromatic N) is 3.